The standard InChI is InChI=1S/C12H8FN3O/c1-17-12-7-16-11(4-8(12)5-14)9-2-3-15-6-10(9)13/h2-4,6-7H,1H3. The van der Waals surface area contributed by atoms with Crippen molar-refractivity contribution in [3.05, 3.63) is 42.1 Å². The average Bonchev–Trinajstić information content (AvgIpc) is 2.38. The lowest BCUT2D eigenvalue weighted by molar-refractivity contribution is 0.411. The minimum atomic E-state index is -0.478. The van der Waals surface area contributed by atoms with E-state index in [9.17, 15) is 4.39 Å². The molecule has 0 spiro atoms. The summed E-state index contributed by atoms with van der Waals surface area (Å²) in [7, 11) is 1.45. The summed E-state index contributed by atoms with van der Waals surface area (Å²) in [5.41, 5.74) is 0.995. The second-order valence-electron chi connectivity index (χ2n) is 3.24. The summed E-state index contributed by atoms with van der Waals surface area (Å²) in [5.74, 6) is -0.111. The number of hydrogen-bond acceptors (Lipinski definition) is 4. The van der Waals surface area contributed by atoms with Crippen LogP contribution in [-0.2, 0) is 0 Å². The van der Waals surface area contributed by atoms with Gasteiger partial charge in [-0.3, -0.25) is 9.97 Å². The third-order valence-corrected chi connectivity index (χ3v) is 2.26. The van der Waals surface area contributed by atoms with Gasteiger partial charge in [-0.1, -0.05) is 0 Å². The van der Waals surface area contributed by atoms with Crippen molar-refractivity contribution < 1.29 is 9.13 Å². The van der Waals surface area contributed by atoms with Gasteiger partial charge in [0.1, 0.15) is 6.07 Å². The van der Waals surface area contributed by atoms with Crippen LogP contribution in [0.1, 0.15) is 5.56 Å². The Balaban J connectivity index is 2.55. The van der Waals surface area contributed by atoms with Crippen LogP contribution in [0.5, 0.6) is 5.75 Å². The lowest BCUT2D eigenvalue weighted by Crippen LogP contribution is -1.93. The van der Waals surface area contributed by atoms with Crippen LogP contribution in [0, 0.1) is 17.1 Å². The fourth-order valence-electron chi connectivity index (χ4n) is 1.42. The molecule has 0 aromatic carbocycles. The zero-order chi connectivity index (χ0) is 12.3. The lowest BCUT2D eigenvalue weighted by atomic mass is 10.1. The Morgan fingerprint density at radius 3 is 2.88 bits per heavy atom. The first-order valence-electron chi connectivity index (χ1n) is 4.80. The number of nitriles is 1. The van der Waals surface area contributed by atoms with Gasteiger partial charge in [-0.2, -0.15) is 5.26 Å². The number of ether oxygens (including phenoxy) is 1. The summed E-state index contributed by atoms with van der Waals surface area (Å²) in [6.45, 7) is 0. The van der Waals surface area contributed by atoms with Crippen LogP contribution in [-0.4, -0.2) is 17.1 Å². The van der Waals surface area contributed by atoms with Gasteiger partial charge in [0.2, 0.25) is 0 Å². The number of pyridine rings is 2. The monoisotopic (exact) mass is 229 g/mol. The van der Waals surface area contributed by atoms with E-state index in [1.165, 1.54) is 31.6 Å². The lowest BCUT2D eigenvalue weighted by Gasteiger charge is -2.05. The van der Waals surface area contributed by atoms with Gasteiger partial charge >= 0.3 is 0 Å². The van der Waals surface area contributed by atoms with Crippen molar-refractivity contribution in [3.8, 4) is 23.1 Å². The number of rotatable bonds is 2. The van der Waals surface area contributed by atoms with E-state index >= 15 is 0 Å². The van der Waals surface area contributed by atoms with E-state index in [-0.39, 0.29) is 0 Å². The van der Waals surface area contributed by atoms with Gasteiger partial charge in [0.05, 0.1) is 30.8 Å². The molecule has 84 valence electrons. The first-order valence-corrected chi connectivity index (χ1v) is 4.80. The summed E-state index contributed by atoms with van der Waals surface area (Å²) in [6.07, 6.45) is 3.97. The molecule has 0 amide bonds. The fourth-order valence-corrected chi connectivity index (χ4v) is 1.42. The Kier molecular flexibility index (Phi) is 2.97. The van der Waals surface area contributed by atoms with E-state index in [4.69, 9.17) is 10.00 Å². The molecule has 0 fully saturated rings. The van der Waals surface area contributed by atoms with Gasteiger partial charge < -0.3 is 4.74 Å². The van der Waals surface area contributed by atoms with Gasteiger partial charge in [-0.15, -0.1) is 0 Å². The number of aromatic nitrogens is 2. The number of halogens is 1. The van der Waals surface area contributed by atoms with Crippen LogP contribution in [0.15, 0.2) is 30.7 Å². The molecule has 0 saturated carbocycles. The second kappa shape index (κ2) is 4.58. The molecule has 4 nitrogen and oxygen atoms in total. The zero-order valence-corrected chi connectivity index (χ0v) is 9.01. The third kappa shape index (κ3) is 2.06. The highest BCUT2D eigenvalue weighted by atomic mass is 19.1. The summed E-state index contributed by atoms with van der Waals surface area (Å²) < 4.78 is 18.4. The van der Waals surface area contributed by atoms with E-state index in [0.29, 0.717) is 22.6 Å². The van der Waals surface area contributed by atoms with Gasteiger partial charge in [-0.05, 0) is 12.1 Å². The Hall–Kier alpha value is -2.48. The summed E-state index contributed by atoms with van der Waals surface area (Å²) in [4.78, 5) is 7.70. The summed E-state index contributed by atoms with van der Waals surface area (Å²) in [6, 6.07) is 4.96. The SMILES string of the molecule is COc1cnc(-c2ccncc2F)cc1C#N. The topological polar surface area (TPSA) is 58.8 Å². The van der Waals surface area contributed by atoms with Gasteiger partial charge in [0, 0.05) is 11.8 Å². The van der Waals surface area contributed by atoms with Crippen molar-refractivity contribution in [3.63, 3.8) is 0 Å². The Bertz CT molecular complexity index is 593. The van der Waals surface area contributed by atoms with Crippen molar-refractivity contribution in [1.82, 2.24) is 9.97 Å². The maximum Gasteiger partial charge on any atom is 0.154 e. The Morgan fingerprint density at radius 1 is 1.41 bits per heavy atom. The molecule has 0 aliphatic rings. The molecule has 0 unspecified atom stereocenters. The predicted octanol–water partition coefficient (Wildman–Crippen LogP) is 2.16. The predicted molar refractivity (Wildman–Crippen MR) is 58.7 cm³/mol. The van der Waals surface area contributed by atoms with Crippen molar-refractivity contribution in [2.45, 2.75) is 0 Å². The first kappa shape index (κ1) is 11.0. The quantitative estimate of drug-likeness (QED) is 0.791. The molecule has 0 aliphatic carbocycles. The molecule has 0 aliphatic heterocycles. The highest BCUT2D eigenvalue weighted by molar-refractivity contribution is 5.62. The zero-order valence-electron chi connectivity index (χ0n) is 9.01. The number of methoxy groups -OCH3 is 1. The maximum atomic E-state index is 13.5. The maximum absolute atomic E-state index is 13.5. The smallest absolute Gasteiger partial charge is 0.154 e. The van der Waals surface area contributed by atoms with Crippen LogP contribution in [0.4, 0.5) is 4.39 Å². The van der Waals surface area contributed by atoms with Gasteiger partial charge in [0.25, 0.3) is 0 Å². The van der Waals surface area contributed by atoms with Crippen LogP contribution < -0.4 is 4.74 Å². The molecule has 0 radical (unpaired) electrons. The van der Waals surface area contributed by atoms with Crippen LogP contribution in [0.2, 0.25) is 0 Å². The molecular formula is C12H8FN3O. The minimum absolute atomic E-state index is 0.305. The molecule has 17 heavy (non-hydrogen) atoms. The molecular weight excluding hydrogens is 221 g/mol. The summed E-state index contributed by atoms with van der Waals surface area (Å²) >= 11 is 0. The third-order valence-electron chi connectivity index (χ3n) is 2.26. The summed E-state index contributed by atoms with van der Waals surface area (Å²) in [5, 5.41) is 8.93. The second-order valence-corrected chi connectivity index (χ2v) is 3.24. The molecule has 2 aromatic rings. The van der Waals surface area contributed by atoms with Crippen LogP contribution in [0.25, 0.3) is 11.3 Å². The first-order chi connectivity index (χ1) is 8.26. The molecule has 2 rings (SSSR count). The van der Waals surface area contributed by atoms with Gasteiger partial charge in [-0.25, -0.2) is 4.39 Å². The van der Waals surface area contributed by atoms with E-state index in [0.717, 1.165) is 6.20 Å². The van der Waals surface area contributed by atoms with Crippen molar-refractivity contribution in [1.29, 1.82) is 5.26 Å². The van der Waals surface area contributed by atoms with E-state index in [1.807, 2.05) is 6.07 Å². The Morgan fingerprint density at radius 2 is 2.24 bits per heavy atom. The van der Waals surface area contributed by atoms with Crippen molar-refractivity contribution >= 4 is 0 Å². The van der Waals surface area contributed by atoms with Crippen molar-refractivity contribution in [2.24, 2.45) is 0 Å². The van der Waals surface area contributed by atoms with E-state index < -0.39 is 5.82 Å². The highest BCUT2D eigenvalue weighted by Gasteiger charge is 2.10. The number of nitrogens with zero attached hydrogens (tertiary/aromatic N) is 3. The van der Waals surface area contributed by atoms with Crippen LogP contribution in [0.3, 0.4) is 0 Å². The number of hydrogen-bond donors (Lipinski definition) is 0. The Labute approximate surface area is 97.3 Å². The molecule has 5 heteroatoms. The molecule has 2 heterocycles. The van der Waals surface area contributed by atoms with E-state index in [2.05, 4.69) is 9.97 Å². The normalized spacial score (nSPS) is 9.71. The highest BCUT2D eigenvalue weighted by Crippen LogP contribution is 2.24. The fraction of sp³-hybridized carbons (Fsp3) is 0.0833. The molecule has 2 aromatic heterocycles. The molecule has 0 saturated heterocycles. The molecule has 0 bridgehead atoms. The van der Waals surface area contributed by atoms with E-state index in [1.54, 1.807) is 0 Å². The molecule has 0 atom stereocenters. The minimum Gasteiger partial charge on any atom is -0.494 e. The van der Waals surface area contributed by atoms with Gasteiger partial charge in [0.15, 0.2) is 11.6 Å². The largest absolute Gasteiger partial charge is 0.494 e. The molecule has 0 N–H and O–H groups in total. The average molecular weight is 229 g/mol. The van der Waals surface area contributed by atoms with Crippen molar-refractivity contribution in [2.75, 3.05) is 7.11 Å². The van der Waals surface area contributed by atoms with Crippen LogP contribution >= 0.6 is 0 Å².